The number of halogens is 3. The topological polar surface area (TPSA) is 154 Å². The third-order valence-corrected chi connectivity index (χ3v) is 10.8. The van der Waals surface area contributed by atoms with Crippen LogP contribution in [0.5, 0.6) is 0 Å². The SMILES string of the molecule is Cn1cnc2c(F)c(Nc3ccc(Br)cc3F)c(C(=O)NOCC(=O)N3CCN(CC4CCN(c5cc(C6CCC(=O)NC6=O)ccn5)CC4)CC3)cc21. The fourth-order valence-electron chi connectivity index (χ4n) is 7.29. The van der Waals surface area contributed by atoms with Crippen molar-refractivity contribution in [2.75, 3.05) is 62.6 Å². The second-order valence-corrected chi connectivity index (χ2v) is 14.8. The van der Waals surface area contributed by atoms with E-state index in [1.807, 2.05) is 12.1 Å². The fourth-order valence-corrected chi connectivity index (χ4v) is 7.62. The van der Waals surface area contributed by atoms with Gasteiger partial charge in [0, 0.05) is 70.0 Å². The average molecular weight is 809 g/mol. The zero-order valence-corrected chi connectivity index (χ0v) is 31.2. The monoisotopic (exact) mass is 807 g/mol. The molecule has 0 radical (unpaired) electrons. The van der Waals surface area contributed by atoms with Gasteiger partial charge in [0.2, 0.25) is 11.8 Å². The van der Waals surface area contributed by atoms with Gasteiger partial charge >= 0.3 is 0 Å². The number of imide groups is 1. The minimum absolute atomic E-state index is 0.00128. The fraction of sp³-hybridized carbons (Fsp3) is 0.405. The van der Waals surface area contributed by atoms with Crippen LogP contribution in [0.4, 0.5) is 26.0 Å². The van der Waals surface area contributed by atoms with Crippen molar-refractivity contribution < 1.29 is 32.8 Å². The van der Waals surface area contributed by atoms with Crippen LogP contribution in [-0.2, 0) is 26.3 Å². The van der Waals surface area contributed by atoms with E-state index in [1.54, 1.807) is 28.8 Å². The predicted octanol–water partition coefficient (Wildman–Crippen LogP) is 4.00. The van der Waals surface area contributed by atoms with Gasteiger partial charge in [-0.15, -0.1) is 0 Å². The highest BCUT2D eigenvalue weighted by atomic mass is 79.9. The lowest BCUT2D eigenvalue weighted by atomic mass is 9.91. The molecule has 2 aromatic carbocycles. The van der Waals surface area contributed by atoms with E-state index in [0.29, 0.717) is 54.9 Å². The van der Waals surface area contributed by atoms with Crippen molar-refractivity contribution in [2.45, 2.75) is 31.6 Å². The molecule has 1 atom stereocenters. The molecule has 0 bridgehead atoms. The molecule has 3 fully saturated rings. The highest BCUT2D eigenvalue weighted by molar-refractivity contribution is 9.10. The lowest BCUT2D eigenvalue weighted by Gasteiger charge is -2.39. The number of rotatable bonds is 10. The molecule has 284 valence electrons. The molecule has 4 aromatic rings. The van der Waals surface area contributed by atoms with Gasteiger partial charge in [0.1, 0.15) is 17.2 Å². The Hall–Kier alpha value is -5.00. The number of pyridine rings is 1. The number of piperidine rings is 2. The number of aromatic nitrogens is 3. The van der Waals surface area contributed by atoms with E-state index < -0.39 is 24.1 Å². The van der Waals surface area contributed by atoms with Crippen LogP contribution in [0.2, 0.25) is 0 Å². The number of aryl methyl sites for hydroxylation is 1. The Kier molecular flexibility index (Phi) is 11.2. The Morgan fingerprint density at radius 2 is 1.78 bits per heavy atom. The molecule has 0 saturated carbocycles. The maximum Gasteiger partial charge on any atom is 0.277 e. The van der Waals surface area contributed by atoms with Crippen LogP contribution in [0, 0.1) is 17.6 Å². The van der Waals surface area contributed by atoms with Crippen LogP contribution in [0.15, 0.2) is 53.4 Å². The summed E-state index contributed by atoms with van der Waals surface area (Å²) in [5.74, 6) is -2.10. The summed E-state index contributed by atoms with van der Waals surface area (Å²) in [4.78, 5) is 70.5. The van der Waals surface area contributed by atoms with Crippen molar-refractivity contribution in [3.05, 3.63) is 76.2 Å². The van der Waals surface area contributed by atoms with Crippen molar-refractivity contribution in [3.63, 3.8) is 0 Å². The minimum Gasteiger partial charge on any atom is -0.357 e. The van der Waals surface area contributed by atoms with Crippen molar-refractivity contribution >= 4 is 67.8 Å². The summed E-state index contributed by atoms with van der Waals surface area (Å²) < 4.78 is 32.4. The minimum atomic E-state index is -0.839. The Morgan fingerprint density at radius 3 is 2.52 bits per heavy atom. The van der Waals surface area contributed by atoms with E-state index >= 15 is 4.39 Å². The second kappa shape index (κ2) is 16.2. The molecule has 3 N–H and O–H groups in total. The largest absolute Gasteiger partial charge is 0.357 e. The summed E-state index contributed by atoms with van der Waals surface area (Å²) in [7, 11) is 1.65. The maximum atomic E-state index is 15.7. The number of nitrogens with zero attached hydrogens (tertiary/aromatic N) is 6. The summed E-state index contributed by atoms with van der Waals surface area (Å²) in [6.45, 7) is 4.65. The van der Waals surface area contributed by atoms with Gasteiger partial charge in [0.15, 0.2) is 12.4 Å². The number of anilines is 3. The molecule has 3 aliphatic rings. The van der Waals surface area contributed by atoms with Crippen LogP contribution in [-0.4, -0.2) is 100 Å². The van der Waals surface area contributed by atoms with Crippen molar-refractivity contribution in [1.82, 2.24) is 35.1 Å². The maximum absolute atomic E-state index is 15.7. The number of carbonyl (C=O) groups excluding carboxylic acids is 4. The molecule has 54 heavy (non-hydrogen) atoms. The van der Waals surface area contributed by atoms with E-state index in [2.05, 4.69) is 51.8 Å². The number of hydrogen-bond donors (Lipinski definition) is 3. The van der Waals surface area contributed by atoms with Crippen molar-refractivity contribution in [3.8, 4) is 0 Å². The predicted molar refractivity (Wildman–Crippen MR) is 199 cm³/mol. The third-order valence-electron chi connectivity index (χ3n) is 10.3. The number of benzene rings is 2. The van der Waals surface area contributed by atoms with Gasteiger partial charge in [-0.3, -0.25) is 34.2 Å². The highest BCUT2D eigenvalue weighted by Gasteiger charge is 2.30. The molecular weight excluding hydrogens is 768 g/mol. The van der Waals surface area contributed by atoms with E-state index in [1.165, 1.54) is 24.5 Å². The number of fused-ring (bicyclic) bond motifs is 1. The Balaban J connectivity index is 0.871. The number of hydroxylamine groups is 1. The number of imidazole rings is 1. The molecule has 0 aliphatic carbocycles. The lowest BCUT2D eigenvalue weighted by molar-refractivity contribution is -0.140. The van der Waals surface area contributed by atoms with Gasteiger partial charge in [-0.2, -0.15) is 0 Å². The van der Waals surface area contributed by atoms with E-state index in [-0.39, 0.29) is 46.1 Å². The smallest absolute Gasteiger partial charge is 0.277 e. The first-order valence-electron chi connectivity index (χ1n) is 17.9. The quantitative estimate of drug-likeness (QED) is 0.158. The molecule has 5 heterocycles. The number of piperazine rings is 1. The van der Waals surface area contributed by atoms with Gasteiger partial charge in [0.05, 0.1) is 34.7 Å². The summed E-state index contributed by atoms with van der Waals surface area (Å²) in [6, 6.07) is 9.44. The molecule has 3 saturated heterocycles. The second-order valence-electron chi connectivity index (χ2n) is 13.9. The third kappa shape index (κ3) is 8.22. The number of amides is 4. The van der Waals surface area contributed by atoms with Crippen molar-refractivity contribution in [1.29, 1.82) is 0 Å². The van der Waals surface area contributed by atoms with Crippen LogP contribution >= 0.6 is 15.9 Å². The van der Waals surface area contributed by atoms with E-state index in [4.69, 9.17) is 4.84 Å². The molecule has 14 nitrogen and oxygen atoms in total. The molecule has 4 amide bonds. The summed E-state index contributed by atoms with van der Waals surface area (Å²) in [5, 5.41) is 5.12. The first kappa shape index (κ1) is 37.3. The van der Waals surface area contributed by atoms with E-state index in [9.17, 15) is 23.6 Å². The Bertz CT molecular complexity index is 2080. The molecule has 3 aliphatic heterocycles. The van der Waals surface area contributed by atoms with E-state index in [0.717, 1.165) is 43.9 Å². The molecule has 1 unspecified atom stereocenters. The van der Waals surface area contributed by atoms with Gasteiger partial charge in [-0.25, -0.2) is 24.2 Å². The average Bonchev–Trinajstić information content (AvgIpc) is 3.54. The molecular formula is C37H40BrF2N9O5. The van der Waals surface area contributed by atoms with Crippen LogP contribution < -0.4 is 21.0 Å². The first-order valence-corrected chi connectivity index (χ1v) is 18.7. The Labute approximate surface area is 318 Å². The number of hydrogen-bond acceptors (Lipinski definition) is 10. The molecule has 17 heteroatoms. The van der Waals surface area contributed by atoms with Gasteiger partial charge < -0.3 is 19.7 Å². The molecule has 2 aromatic heterocycles. The number of carbonyl (C=O) groups is 4. The Morgan fingerprint density at radius 1 is 1.00 bits per heavy atom. The zero-order chi connectivity index (χ0) is 37.9. The zero-order valence-electron chi connectivity index (χ0n) is 29.6. The van der Waals surface area contributed by atoms with Gasteiger partial charge in [-0.05, 0) is 67.1 Å². The standard InChI is InChI=1S/C37H40BrF2N9O5/c1-46-21-42-35-29(46)18-26(34(33(35)40)43-28-4-2-24(38)17-27(28)39)37(53)45-54-20-32(51)49-14-12-47(13-15-49)19-22-7-10-48(11-8-22)30-16-23(6-9-41-30)25-3-5-31(50)44-36(25)52/h2,4,6,9,16-18,21-22,25,43H,3,5,7-8,10-15,19-20H2,1H3,(H,45,53)(H,44,50,52). The normalized spacial score (nSPS) is 18.6. The number of nitrogens with one attached hydrogen (secondary N) is 3. The molecule has 0 spiro atoms. The van der Waals surface area contributed by atoms with Crippen LogP contribution in [0.1, 0.15) is 47.5 Å². The summed E-state index contributed by atoms with van der Waals surface area (Å²) in [6.07, 6.45) is 5.95. The molecule has 7 rings (SSSR count). The summed E-state index contributed by atoms with van der Waals surface area (Å²) in [5.41, 5.74) is 2.98. The lowest BCUT2D eigenvalue weighted by Crippen LogP contribution is -2.51. The first-order chi connectivity index (χ1) is 26.0. The van der Waals surface area contributed by atoms with Gasteiger partial charge in [-0.1, -0.05) is 15.9 Å². The van der Waals surface area contributed by atoms with Crippen molar-refractivity contribution in [2.24, 2.45) is 13.0 Å². The van der Waals surface area contributed by atoms with Crippen LogP contribution in [0.25, 0.3) is 11.0 Å². The van der Waals surface area contributed by atoms with Gasteiger partial charge in [0.25, 0.3) is 11.8 Å². The highest BCUT2D eigenvalue weighted by Crippen LogP contribution is 2.33. The summed E-state index contributed by atoms with van der Waals surface area (Å²) >= 11 is 3.20. The van der Waals surface area contributed by atoms with Crippen LogP contribution in [0.3, 0.4) is 0 Å².